The molecule has 1 N–H and O–H groups in total. The van der Waals surface area contributed by atoms with Crippen LogP contribution in [0.2, 0.25) is 0 Å². The first-order valence-corrected chi connectivity index (χ1v) is 5.39. The van der Waals surface area contributed by atoms with E-state index in [9.17, 15) is 4.79 Å². The summed E-state index contributed by atoms with van der Waals surface area (Å²) in [4.78, 5) is 16.0. The number of fused-ring (bicyclic) bond motifs is 1. The molecule has 0 aliphatic carbocycles. The van der Waals surface area contributed by atoms with E-state index in [0.717, 1.165) is 12.8 Å². The lowest BCUT2D eigenvalue weighted by atomic mass is 9.98. The summed E-state index contributed by atoms with van der Waals surface area (Å²) >= 11 is 0. The molecular formula is C12H14O4. The number of hydrogen-bond acceptors (Lipinski definition) is 4. The van der Waals surface area contributed by atoms with Crippen LogP contribution >= 0.6 is 0 Å². The summed E-state index contributed by atoms with van der Waals surface area (Å²) in [5.41, 5.74) is 1.07. The number of rotatable bonds is 4. The minimum Gasteiger partial charge on any atom is -0.422 e. The molecule has 0 saturated heterocycles. The van der Waals surface area contributed by atoms with Gasteiger partial charge in [0.2, 0.25) is 0 Å². The fraction of sp³-hybridized carbons (Fsp3) is 0.417. The van der Waals surface area contributed by atoms with E-state index in [-0.39, 0.29) is 0 Å². The molecule has 4 nitrogen and oxygen atoms in total. The Morgan fingerprint density at radius 2 is 2.19 bits per heavy atom. The molecule has 1 aliphatic rings. The zero-order valence-electron chi connectivity index (χ0n) is 9.10. The van der Waals surface area contributed by atoms with Gasteiger partial charge >= 0.3 is 5.97 Å². The predicted molar refractivity (Wildman–Crippen MR) is 56.8 cm³/mol. The van der Waals surface area contributed by atoms with Gasteiger partial charge in [0.15, 0.2) is 0 Å². The first kappa shape index (κ1) is 11.1. The zero-order chi connectivity index (χ0) is 11.6. The van der Waals surface area contributed by atoms with Gasteiger partial charge in [-0.15, -0.1) is 0 Å². The van der Waals surface area contributed by atoms with Crippen molar-refractivity contribution in [1.82, 2.24) is 0 Å². The van der Waals surface area contributed by atoms with E-state index in [2.05, 4.69) is 4.89 Å². The standard InChI is InChI=1S/C12H14O4/c1-2-3-8-12(16-14)10-7-5-4-6-9(10)11(13)15-12/h4-7,14H,2-3,8H2,1H3. The van der Waals surface area contributed by atoms with Crippen molar-refractivity contribution in [1.29, 1.82) is 0 Å². The van der Waals surface area contributed by atoms with Crippen LogP contribution in [0.4, 0.5) is 0 Å². The molecule has 1 unspecified atom stereocenters. The monoisotopic (exact) mass is 222 g/mol. The maximum atomic E-state index is 11.6. The van der Waals surface area contributed by atoms with Gasteiger partial charge in [-0.2, -0.15) is 4.89 Å². The van der Waals surface area contributed by atoms with Crippen LogP contribution in [0.15, 0.2) is 24.3 Å². The molecule has 1 aromatic rings. The molecule has 1 aliphatic heterocycles. The molecule has 86 valence electrons. The van der Waals surface area contributed by atoms with Gasteiger partial charge in [-0.25, -0.2) is 10.1 Å². The normalized spacial score (nSPS) is 23.0. The van der Waals surface area contributed by atoms with Gasteiger partial charge in [-0.3, -0.25) is 0 Å². The SMILES string of the molecule is CCCCC1(OO)OC(=O)c2ccccc21. The first-order valence-electron chi connectivity index (χ1n) is 5.39. The summed E-state index contributed by atoms with van der Waals surface area (Å²) in [6.07, 6.45) is 2.20. The fourth-order valence-electron chi connectivity index (χ4n) is 1.96. The lowest BCUT2D eigenvalue weighted by Gasteiger charge is -2.24. The number of esters is 1. The number of unbranched alkanes of at least 4 members (excludes halogenated alkanes) is 1. The molecule has 0 saturated carbocycles. The van der Waals surface area contributed by atoms with Crippen LogP contribution in [0.1, 0.15) is 42.1 Å². The summed E-state index contributed by atoms with van der Waals surface area (Å²) in [5.74, 6) is -1.75. The van der Waals surface area contributed by atoms with Crippen LogP contribution in [0.3, 0.4) is 0 Å². The van der Waals surface area contributed by atoms with E-state index in [1.54, 1.807) is 24.3 Å². The first-order chi connectivity index (χ1) is 7.73. The molecule has 0 fully saturated rings. The Balaban J connectivity index is 2.39. The van der Waals surface area contributed by atoms with Crippen molar-refractivity contribution in [3.63, 3.8) is 0 Å². The minimum atomic E-state index is -1.30. The Hall–Kier alpha value is -1.39. The number of cyclic esters (lactones) is 1. The highest BCUT2D eigenvalue weighted by molar-refractivity contribution is 5.94. The fourth-order valence-corrected chi connectivity index (χ4v) is 1.96. The third-order valence-corrected chi connectivity index (χ3v) is 2.82. The van der Waals surface area contributed by atoms with Crippen molar-refractivity contribution in [3.05, 3.63) is 35.4 Å². The summed E-state index contributed by atoms with van der Waals surface area (Å²) in [5, 5.41) is 9.03. The lowest BCUT2D eigenvalue weighted by Crippen LogP contribution is -2.28. The molecule has 0 bridgehead atoms. The van der Waals surface area contributed by atoms with Gasteiger partial charge in [0, 0.05) is 12.0 Å². The van der Waals surface area contributed by atoms with Gasteiger partial charge < -0.3 is 4.74 Å². The van der Waals surface area contributed by atoms with Crippen LogP contribution in [-0.4, -0.2) is 11.2 Å². The van der Waals surface area contributed by atoms with Gasteiger partial charge in [0.25, 0.3) is 5.79 Å². The smallest absolute Gasteiger partial charge is 0.341 e. The molecule has 2 rings (SSSR count). The maximum absolute atomic E-state index is 11.6. The number of benzene rings is 1. The van der Waals surface area contributed by atoms with Crippen molar-refractivity contribution in [2.24, 2.45) is 0 Å². The second-order valence-corrected chi connectivity index (χ2v) is 3.88. The molecule has 0 radical (unpaired) electrons. The van der Waals surface area contributed by atoms with Gasteiger partial charge in [-0.1, -0.05) is 31.5 Å². The Morgan fingerprint density at radius 1 is 1.44 bits per heavy atom. The molecule has 4 heteroatoms. The second-order valence-electron chi connectivity index (χ2n) is 3.88. The quantitative estimate of drug-likeness (QED) is 0.483. The Labute approximate surface area is 93.7 Å². The zero-order valence-corrected chi connectivity index (χ0v) is 9.10. The van der Waals surface area contributed by atoms with E-state index >= 15 is 0 Å². The topological polar surface area (TPSA) is 55.8 Å². The predicted octanol–water partition coefficient (Wildman–Crippen LogP) is 2.69. The second kappa shape index (κ2) is 4.23. The van der Waals surface area contributed by atoms with Crippen LogP contribution in [0, 0.1) is 0 Å². The van der Waals surface area contributed by atoms with Crippen LogP contribution in [0.25, 0.3) is 0 Å². The van der Waals surface area contributed by atoms with Crippen LogP contribution in [-0.2, 0) is 15.4 Å². The summed E-state index contributed by atoms with van der Waals surface area (Å²) < 4.78 is 5.16. The average Bonchev–Trinajstić information content (AvgIpc) is 2.62. The Morgan fingerprint density at radius 3 is 2.88 bits per heavy atom. The summed E-state index contributed by atoms with van der Waals surface area (Å²) in [6.45, 7) is 2.02. The van der Waals surface area contributed by atoms with Crippen molar-refractivity contribution < 1.29 is 19.7 Å². The van der Waals surface area contributed by atoms with Gasteiger partial charge in [-0.05, 0) is 12.5 Å². The number of hydrogen-bond donors (Lipinski definition) is 1. The summed E-state index contributed by atoms with van der Waals surface area (Å²) in [7, 11) is 0. The number of carbonyl (C=O) groups excluding carboxylic acids is 1. The van der Waals surface area contributed by atoms with E-state index in [0.29, 0.717) is 17.5 Å². The molecular weight excluding hydrogens is 208 g/mol. The third kappa shape index (κ3) is 1.60. The van der Waals surface area contributed by atoms with Gasteiger partial charge in [0.05, 0.1) is 5.56 Å². The highest BCUT2D eigenvalue weighted by atomic mass is 17.1. The van der Waals surface area contributed by atoms with Crippen molar-refractivity contribution in [3.8, 4) is 0 Å². The lowest BCUT2D eigenvalue weighted by molar-refractivity contribution is -0.395. The molecule has 1 atom stereocenters. The molecule has 0 spiro atoms. The van der Waals surface area contributed by atoms with E-state index in [1.807, 2.05) is 6.92 Å². The average molecular weight is 222 g/mol. The molecule has 1 aromatic carbocycles. The van der Waals surface area contributed by atoms with Crippen molar-refractivity contribution in [2.75, 3.05) is 0 Å². The van der Waals surface area contributed by atoms with E-state index in [1.165, 1.54) is 0 Å². The number of carbonyl (C=O) groups is 1. The van der Waals surface area contributed by atoms with Crippen LogP contribution in [0.5, 0.6) is 0 Å². The van der Waals surface area contributed by atoms with E-state index in [4.69, 9.17) is 9.99 Å². The number of ether oxygens (including phenoxy) is 1. The largest absolute Gasteiger partial charge is 0.422 e. The molecule has 16 heavy (non-hydrogen) atoms. The van der Waals surface area contributed by atoms with Gasteiger partial charge in [0.1, 0.15) is 0 Å². The van der Waals surface area contributed by atoms with Crippen molar-refractivity contribution in [2.45, 2.75) is 32.0 Å². The minimum absolute atomic E-state index is 0.444. The van der Waals surface area contributed by atoms with Crippen LogP contribution < -0.4 is 0 Å². The molecule has 1 heterocycles. The van der Waals surface area contributed by atoms with Crippen molar-refractivity contribution >= 4 is 5.97 Å². The molecule has 0 amide bonds. The molecule has 0 aromatic heterocycles. The summed E-state index contributed by atoms with van der Waals surface area (Å²) in [6, 6.07) is 6.96. The highest BCUT2D eigenvalue weighted by Crippen LogP contribution is 2.40. The highest BCUT2D eigenvalue weighted by Gasteiger charge is 2.46. The van der Waals surface area contributed by atoms with E-state index < -0.39 is 11.8 Å². The third-order valence-electron chi connectivity index (χ3n) is 2.82. The Kier molecular flexibility index (Phi) is 2.94. The Bertz CT molecular complexity index is 402. The maximum Gasteiger partial charge on any atom is 0.341 e.